The van der Waals surface area contributed by atoms with Gasteiger partial charge in [-0.2, -0.15) is 0 Å². The number of aryl methyl sites for hydroxylation is 2. The Hall–Kier alpha value is -1.06. The largest absolute Gasteiger partial charge is 0.496 e. The summed E-state index contributed by atoms with van der Waals surface area (Å²) in [7, 11) is 1.71. The van der Waals surface area contributed by atoms with Crippen molar-refractivity contribution < 1.29 is 4.74 Å². The molecule has 3 N–H and O–H groups in total. The van der Waals surface area contributed by atoms with Gasteiger partial charge in [-0.1, -0.05) is 19.9 Å². The lowest BCUT2D eigenvalue weighted by molar-refractivity contribution is 0.409. The van der Waals surface area contributed by atoms with Crippen LogP contribution in [0.4, 0.5) is 0 Å². The Morgan fingerprint density at radius 2 is 1.88 bits per heavy atom. The summed E-state index contributed by atoms with van der Waals surface area (Å²) in [5.41, 5.74) is 9.35. The van der Waals surface area contributed by atoms with Crippen LogP contribution in [-0.4, -0.2) is 20.3 Å². The zero-order chi connectivity index (χ0) is 13.1. The van der Waals surface area contributed by atoms with Gasteiger partial charge in [-0.15, -0.1) is 0 Å². The predicted octanol–water partition coefficient (Wildman–Crippen LogP) is 2.10. The molecule has 0 aromatic heterocycles. The second-order valence-electron chi connectivity index (χ2n) is 5.15. The minimum Gasteiger partial charge on any atom is -0.496 e. The second-order valence-corrected chi connectivity index (χ2v) is 5.15. The lowest BCUT2D eigenvalue weighted by Gasteiger charge is -2.28. The Labute approximate surface area is 104 Å². The highest BCUT2D eigenvalue weighted by atomic mass is 16.5. The number of benzene rings is 1. The summed E-state index contributed by atoms with van der Waals surface area (Å²) in [4.78, 5) is 0. The summed E-state index contributed by atoms with van der Waals surface area (Å²) in [5.74, 6) is 0.953. The molecule has 0 radical (unpaired) electrons. The van der Waals surface area contributed by atoms with E-state index in [0.29, 0.717) is 6.67 Å². The third-order valence-electron chi connectivity index (χ3n) is 3.18. The van der Waals surface area contributed by atoms with Crippen molar-refractivity contribution in [3.05, 3.63) is 28.8 Å². The Morgan fingerprint density at radius 3 is 2.41 bits per heavy atom. The highest BCUT2D eigenvalue weighted by Gasteiger charge is 2.23. The van der Waals surface area contributed by atoms with Gasteiger partial charge >= 0.3 is 0 Å². The molecule has 1 aromatic rings. The van der Waals surface area contributed by atoms with Crippen molar-refractivity contribution in [3.63, 3.8) is 0 Å². The molecule has 0 fully saturated rings. The van der Waals surface area contributed by atoms with Gasteiger partial charge in [-0.05, 0) is 36.6 Å². The fraction of sp³-hybridized carbons (Fsp3) is 0.571. The molecule has 0 amide bonds. The average Bonchev–Trinajstić information content (AvgIpc) is 2.28. The fourth-order valence-corrected chi connectivity index (χ4v) is 2.22. The van der Waals surface area contributed by atoms with Crippen molar-refractivity contribution in [1.29, 1.82) is 0 Å². The summed E-state index contributed by atoms with van der Waals surface area (Å²) in [6.07, 6.45) is 0. The Morgan fingerprint density at radius 1 is 1.24 bits per heavy atom. The van der Waals surface area contributed by atoms with Crippen LogP contribution in [0.15, 0.2) is 12.1 Å². The molecule has 1 rings (SSSR count). The molecular formula is C14H24N2O. The van der Waals surface area contributed by atoms with Crippen molar-refractivity contribution in [3.8, 4) is 5.75 Å². The minimum atomic E-state index is 0.0699. The molecule has 0 saturated heterocycles. The van der Waals surface area contributed by atoms with Gasteiger partial charge in [0.1, 0.15) is 5.75 Å². The molecule has 0 aliphatic carbocycles. The van der Waals surface area contributed by atoms with Crippen LogP contribution < -0.4 is 15.8 Å². The summed E-state index contributed by atoms with van der Waals surface area (Å²) in [6, 6.07) is 4.32. The van der Waals surface area contributed by atoms with Gasteiger partial charge in [0.2, 0.25) is 0 Å². The molecule has 1 aromatic carbocycles. The van der Waals surface area contributed by atoms with Crippen molar-refractivity contribution in [2.75, 3.05) is 20.3 Å². The SMILES string of the molecule is COc1cc(C)c(C(C)(C)CNCN)cc1C. The number of rotatable bonds is 5. The van der Waals surface area contributed by atoms with Crippen LogP contribution in [0.2, 0.25) is 0 Å². The lowest BCUT2D eigenvalue weighted by Crippen LogP contribution is -2.36. The summed E-state index contributed by atoms with van der Waals surface area (Å²) in [6.45, 7) is 10.0. The third kappa shape index (κ3) is 3.20. The maximum atomic E-state index is 5.50. The summed E-state index contributed by atoms with van der Waals surface area (Å²) >= 11 is 0. The van der Waals surface area contributed by atoms with Gasteiger partial charge in [0.05, 0.1) is 7.11 Å². The second kappa shape index (κ2) is 5.52. The smallest absolute Gasteiger partial charge is 0.122 e. The normalized spacial score (nSPS) is 11.6. The first-order chi connectivity index (χ1) is 7.92. The number of hydrogen-bond acceptors (Lipinski definition) is 3. The van der Waals surface area contributed by atoms with Crippen LogP contribution >= 0.6 is 0 Å². The molecule has 0 bridgehead atoms. The van der Waals surface area contributed by atoms with E-state index >= 15 is 0 Å². The Bertz CT molecular complexity index is 386. The molecule has 0 spiro atoms. The van der Waals surface area contributed by atoms with Crippen LogP contribution in [0.1, 0.15) is 30.5 Å². The molecular weight excluding hydrogens is 212 g/mol. The number of nitrogens with two attached hydrogens (primary N) is 1. The van der Waals surface area contributed by atoms with E-state index in [4.69, 9.17) is 10.5 Å². The van der Waals surface area contributed by atoms with Crippen molar-refractivity contribution in [1.82, 2.24) is 5.32 Å². The fourth-order valence-electron chi connectivity index (χ4n) is 2.22. The van der Waals surface area contributed by atoms with Crippen molar-refractivity contribution >= 4 is 0 Å². The molecule has 0 saturated carbocycles. The first kappa shape index (κ1) is 14.0. The van der Waals surface area contributed by atoms with Crippen LogP contribution in [0, 0.1) is 13.8 Å². The highest BCUT2D eigenvalue weighted by Crippen LogP contribution is 2.30. The van der Waals surface area contributed by atoms with Crippen LogP contribution in [0.5, 0.6) is 5.75 Å². The zero-order valence-electron chi connectivity index (χ0n) is 11.6. The van der Waals surface area contributed by atoms with Crippen LogP contribution in [0.25, 0.3) is 0 Å². The van der Waals surface area contributed by atoms with E-state index in [1.54, 1.807) is 7.11 Å². The number of nitrogens with one attached hydrogen (secondary N) is 1. The average molecular weight is 236 g/mol. The van der Waals surface area contributed by atoms with Crippen LogP contribution in [0.3, 0.4) is 0 Å². The molecule has 3 nitrogen and oxygen atoms in total. The van der Waals surface area contributed by atoms with E-state index < -0.39 is 0 Å². The molecule has 0 heterocycles. The summed E-state index contributed by atoms with van der Waals surface area (Å²) < 4.78 is 5.34. The molecule has 3 heteroatoms. The van der Waals surface area contributed by atoms with E-state index in [0.717, 1.165) is 12.3 Å². The Kier molecular flexibility index (Phi) is 4.54. The number of ether oxygens (including phenoxy) is 1. The summed E-state index contributed by atoms with van der Waals surface area (Å²) in [5, 5.41) is 3.21. The van der Waals surface area contributed by atoms with E-state index in [2.05, 4.69) is 45.1 Å². The molecule has 96 valence electrons. The molecule has 17 heavy (non-hydrogen) atoms. The van der Waals surface area contributed by atoms with Gasteiger partial charge in [-0.3, -0.25) is 0 Å². The first-order valence-electron chi connectivity index (χ1n) is 5.99. The van der Waals surface area contributed by atoms with Gasteiger partial charge in [0, 0.05) is 18.6 Å². The zero-order valence-corrected chi connectivity index (χ0v) is 11.6. The standard InChI is InChI=1S/C14H24N2O/c1-10-7-13(17-5)11(2)6-12(10)14(3,4)8-16-9-15/h6-7,16H,8-9,15H2,1-5H3. The van der Waals surface area contributed by atoms with Gasteiger partial charge in [0.25, 0.3) is 0 Å². The maximum Gasteiger partial charge on any atom is 0.122 e. The van der Waals surface area contributed by atoms with E-state index in [9.17, 15) is 0 Å². The number of methoxy groups -OCH3 is 1. The quantitative estimate of drug-likeness (QED) is 0.770. The van der Waals surface area contributed by atoms with E-state index in [-0.39, 0.29) is 5.41 Å². The maximum absolute atomic E-state index is 5.50. The Balaban J connectivity index is 3.09. The highest BCUT2D eigenvalue weighted by molar-refractivity contribution is 5.44. The van der Waals surface area contributed by atoms with Gasteiger partial charge in [0.15, 0.2) is 0 Å². The minimum absolute atomic E-state index is 0.0699. The lowest BCUT2D eigenvalue weighted by atomic mass is 9.81. The molecule has 0 atom stereocenters. The number of hydrogen-bond donors (Lipinski definition) is 2. The molecule has 0 unspecified atom stereocenters. The van der Waals surface area contributed by atoms with Crippen molar-refractivity contribution in [2.24, 2.45) is 5.73 Å². The first-order valence-corrected chi connectivity index (χ1v) is 5.99. The van der Waals surface area contributed by atoms with E-state index in [1.807, 2.05) is 0 Å². The van der Waals surface area contributed by atoms with E-state index in [1.165, 1.54) is 16.7 Å². The van der Waals surface area contributed by atoms with Crippen LogP contribution in [-0.2, 0) is 5.41 Å². The van der Waals surface area contributed by atoms with Crippen molar-refractivity contribution in [2.45, 2.75) is 33.1 Å². The monoisotopic (exact) mass is 236 g/mol. The predicted molar refractivity (Wildman–Crippen MR) is 72.6 cm³/mol. The van der Waals surface area contributed by atoms with Gasteiger partial charge < -0.3 is 15.8 Å². The molecule has 0 aliphatic rings. The van der Waals surface area contributed by atoms with Gasteiger partial charge in [-0.25, -0.2) is 0 Å². The molecule has 0 aliphatic heterocycles. The third-order valence-corrected chi connectivity index (χ3v) is 3.18. The topological polar surface area (TPSA) is 47.3 Å².